The van der Waals surface area contributed by atoms with Gasteiger partial charge in [-0.2, -0.15) is 13.2 Å². The van der Waals surface area contributed by atoms with Gasteiger partial charge in [0.05, 0.1) is 12.5 Å². The Morgan fingerprint density at radius 3 is 2.38 bits per heavy atom. The summed E-state index contributed by atoms with van der Waals surface area (Å²) in [5, 5.41) is 0. The van der Waals surface area contributed by atoms with Crippen LogP contribution >= 0.6 is 0 Å². The molecule has 0 spiro atoms. The van der Waals surface area contributed by atoms with Gasteiger partial charge in [-0.25, -0.2) is 0 Å². The molecule has 1 unspecified atom stereocenters. The third-order valence-corrected chi connectivity index (χ3v) is 2.48. The van der Waals surface area contributed by atoms with Gasteiger partial charge in [-0.3, -0.25) is 0 Å². The zero-order valence-electron chi connectivity index (χ0n) is 9.34. The molecule has 0 radical (unpaired) electrons. The van der Waals surface area contributed by atoms with E-state index >= 15 is 0 Å². The molecule has 1 atom stereocenters. The Kier molecular flexibility index (Phi) is 4.35. The van der Waals surface area contributed by atoms with Crippen LogP contribution in [0.4, 0.5) is 13.2 Å². The SMILES string of the molecule is CCc1ccccc1C(CC(F)(F)F)OC. The Balaban J connectivity index is 2.94. The predicted octanol–water partition coefficient (Wildman–Crippen LogP) is 3.89. The first-order chi connectivity index (χ1) is 7.48. The van der Waals surface area contributed by atoms with Crippen LogP contribution in [0.25, 0.3) is 0 Å². The molecule has 1 aromatic rings. The van der Waals surface area contributed by atoms with E-state index in [1.807, 2.05) is 19.1 Å². The fraction of sp³-hybridized carbons (Fsp3) is 0.500. The first-order valence-electron chi connectivity index (χ1n) is 5.15. The lowest BCUT2D eigenvalue weighted by Crippen LogP contribution is -2.16. The maximum atomic E-state index is 12.3. The molecule has 0 saturated heterocycles. The van der Waals surface area contributed by atoms with Gasteiger partial charge >= 0.3 is 6.18 Å². The fourth-order valence-electron chi connectivity index (χ4n) is 1.70. The van der Waals surface area contributed by atoms with Gasteiger partial charge in [-0.15, -0.1) is 0 Å². The lowest BCUT2D eigenvalue weighted by Gasteiger charge is -2.20. The average molecular weight is 232 g/mol. The molecule has 1 aromatic carbocycles. The maximum Gasteiger partial charge on any atom is 0.391 e. The Hall–Kier alpha value is -1.03. The van der Waals surface area contributed by atoms with Crippen molar-refractivity contribution in [2.75, 3.05) is 7.11 Å². The maximum absolute atomic E-state index is 12.3. The van der Waals surface area contributed by atoms with Crippen molar-refractivity contribution in [2.24, 2.45) is 0 Å². The largest absolute Gasteiger partial charge is 0.391 e. The van der Waals surface area contributed by atoms with Crippen LogP contribution in [-0.2, 0) is 11.2 Å². The van der Waals surface area contributed by atoms with Gasteiger partial charge in [0.2, 0.25) is 0 Å². The van der Waals surface area contributed by atoms with Crippen LogP contribution < -0.4 is 0 Å². The van der Waals surface area contributed by atoms with Gasteiger partial charge in [-0.1, -0.05) is 31.2 Å². The highest BCUT2D eigenvalue weighted by molar-refractivity contribution is 5.29. The molecule has 0 aliphatic heterocycles. The molecule has 0 bridgehead atoms. The Labute approximate surface area is 93.2 Å². The van der Waals surface area contributed by atoms with Crippen molar-refractivity contribution in [3.8, 4) is 0 Å². The zero-order chi connectivity index (χ0) is 12.2. The first kappa shape index (κ1) is 13.0. The van der Waals surface area contributed by atoms with Crippen molar-refractivity contribution in [3.05, 3.63) is 35.4 Å². The highest BCUT2D eigenvalue weighted by Gasteiger charge is 2.33. The number of alkyl halides is 3. The van der Waals surface area contributed by atoms with Crippen LogP contribution in [0.3, 0.4) is 0 Å². The summed E-state index contributed by atoms with van der Waals surface area (Å²) >= 11 is 0. The number of rotatable bonds is 4. The summed E-state index contributed by atoms with van der Waals surface area (Å²) in [6.45, 7) is 1.92. The van der Waals surface area contributed by atoms with E-state index in [4.69, 9.17) is 4.74 Å². The van der Waals surface area contributed by atoms with Crippen molar-refractivity contribution in [1.82, 2.24) is 0 Å². The topological polar surface area (TPSA) is 9.23 Å². The second kappa shape index (κ2) is 5.34. The van der Waals surface area contributed by atoms with E-state index in [0.29, 0.717) is 12.0 Å². The molecule has 90 valence electrons. The number of methoxy groups -OCH3 is 1. The van der Waals surface area contributed by atoms with Crippen LogP contribution in [0.2, 0.25) is 0 Å². The van der Waals surface area contributed by atoms with Crippen LogP contribution in [-0.4, -0.2) is 13.3 Å². The second-order valence-electron chi connectivity index (χ2n) is 3.60. The first-order valence-corrected chi connectivity index (χ1v) is 5.15. The molecule has 1 rings (SSSR count). The molecule has 0 N–H and O–H groups in total. The Morgan fingerprint density at radius 2 is 1.88 bits per heavy atom. The van der Waals surface area contributed by atoms with E-state index in [-0.39, 0.29) is 0 Å². The van der Waals surface area contributed by atoms with Crippen molar-refractivity contribution >= 4 is 0 Å². The third-order valence-electron chi connectivity index (χ3n) is 2.48. The average Bonchev–Trinajstić information content (AvgIpc) is 2.24. The predicted molar refractivity (Wildman–Crippen MR) is 56.2 cm³/mol. The number of aryl methyl sites for hydroxylation is 1. The number of hydrogen-bond acceptors (Lipinski definition) is 1. The minimum Gasteiger partial charge on any atom is -0.376 e. The van der Waals surface area contributed by atoms with E-state index in [1.165, 1.54) is 7.11 Å². The van der Waals surface area contributed by atoms with Crippen LogP contribution in [0.1, 0.15) is 30.6 Å². The molecule has 16 heavy (non-hydrogen) atoms. The van der Waals surface area contributed by atoms with Crippen LogP contribution in [0, 0.1) is 0 Å². The molecule has 0 aromatic heterocycles. The summed E-state index contributed by atoms with van der Waals surface area (Å²) in [6, 6.07) is 7.08. The van der Waals surface area contributed by atoms with Gasteiger partial charge in [0.15, 0.2) is 0 Å². The fourth-order valence-corrected chi connectivity index (χ4v) is 1.70. The monoisotopic (exact) mass is 232 g/mol. The molecule has 0 aliphatic rings. The summed E-state index contributed by atoms with van der Waals surface area (Å²) in [7, 11) is 1.31. The highest BCUT2D eigenvalue weighted by atomic mass is 19.4. The van der Waals surface area contributed by atoms with E-state index in [9.17, 15) is 13.2 Å². The summed E-state index contributed by atoms with van der Waals surface area (Å²) in [5.74, 6) is 0. The van der Waals surface area contributed by atoms with Gasteiger partial charge in [0.25, 0.3) is 0 Å². The molecule has 0 fully saturated rings. The van der Waals surface area contributed by atoms with Crippen LogP contribution in [0.5, 0.6) is 0 Å². The summed E-state index contributed by atoms with van der Waals surface area (Å²) in [5.41, 5.74) is 1.53. The standard InChI is InChI=1S/C12H15F3O/c1-3-9-6-4-5-7-10(9)11(16-2)8-12(13,14)15/h4-7,11H,3,8H2,1-2H3. The zero-order valence-corrected chi connectivity index (χ0v) is 9.34. The van der Waals surface area contributed by atoms with Crippen LogP contribution in [0.15, 0.2) is 24.3 Å². The number of halogens is 3. The molecule has 0 aliphatic carbocycles. The van der Waals surface area contributed by atoms with Crippen molar-refractivity contribution in [2.45, 2.75) is 32.0 Å². The van der Waals surface area contributed by atoms with E-state index in [1.54, 1.807) is 12.1 Å². The van der Waals surface area contributed by atoms with Gasteiger partial charge in [0.1, 0.15) is 0 Å². The smallest absolute Gasteiger partial charge is 0.376 e. The van der Waals surface area contributed by atoms with Gasteiger partial charge in [0, 0.05) is 7.11 Å². The highest BCUT2D eigenvalue weighted by Crippen LogP contribution is 2.33. The molecule has 0 saturated carbocycles. The molecular formula is C12H15F3O. The van der Waals surface area contributed by atoms with E-state index in [0.717, 1.165) is 5.56 Å². The lowest BCUT2D eigenvalue weighted by atomic mass is 9.98. The molecule has 1 nitrogen and oxygen atoms in total. The molecule has 4 heteroatoms. The summed E-state index contributed by atoms with van der Waals surface area (Å²) < 4.78 is 41.9. The summed E-state index contributed by atoms with van der Waals surface area (Å²) in [4.78, 5) is 0. The molecule has 0 amide bonds. The van der Waals surface area contributed by atoms with Crippen molar-refractivity contribution in [1.29, 1.82) is 0 Å². The van der Waals surface area contributed by atoms with Gasteiger partial charge < -0.3 is 4.74 Å². The Bertz CT molecular complexity index is 333. The van der Waals surface area contributed by atoms with Gasteiger partial charge in [-0.05, 0) is 17.5 Å². The van der Waals surface area contributed by atoms with E-state index < -0.39 is 18.7 Å². The molecule has 0 heterocycles. The molecular weight excluding hydrogens is 217 g/mol. The quantitative estimate of drug-likeness (QED) is 0.765. The number of benzene rings is 1. The third kappa shape index (κ3) is 3.52. The van der Waals surface area contributed by atoms with E-state index in [2.05, 4.69) is 0 Å². The van der Waals surface area contributed by atoms with Crippen molar-refractivity contribution < 1.29 is 17.9 Å². The summed E-state index contributed by atoms with van der Waals surface area (Å²) in [6.07, 6.45) is -5.35. The lowest BCUT2D eigenvalue weighted by molar-refractivity contribution is -0.158. The number of hydrogen-bond donors (Lipinski definition) is 0. The normalized spacial score (nSPS) is 13.8. The number of ether oxygens (including phenoxy) is 1. The second-order valence-corrected chi connectivity index (χ2v) is 3.60. The minimum atomic E-state index is -4.21. The minimum absolute atomic E-state index is 0.629. The Morgan fingerprint density at radius 1 is 1.25 bits per heavy atom. The van der Waals surface area contributed by atoms with Crippen molar-refractivity contribution in [3.63, 3.8) is 0 Å².